The molecule has 3 heteroatoms. The Balaban J connectivity index is 1.46. The van der Waals surface area contributed by atoms with Crippen molar-refractivity contribution in [3.05, 3.63) is 60.2 Å². The highest BCUT2D eigenvalue weighted by Gasteiger charge is 2.06. The standard InChI is InChI=1S/C24H33N3/c1-2-25-16-9-17-26-14-7-8-15-27-19-24-22-12-5-3-10-20(22)18-21-11-4-6-13-23(21)24/h3-6,10-13,18,25-27H,2,7-9,14-17,19H2,1H3. The lowest BCUT2D eigenvalue weighted by atomic mass is 9.97. The van der Waals surface area contributed by atoms with Gasteiger partial charge in [-0.2, -0.15) is 0 Å². The molecule has 0 unspecified atom stereocenters. The van der Waals surface area contributed by atoms with Gasteiger partial charge >= 0.3 is 0 Å². The number of benzene rings is 3. The first-order valence-electron chi connectivity index (χ1n) is 10.4. The van der Waals surface area contributed by atoms with E-state index in [0.29, 0.717) is 0 Å². The first-order chi connectivity index (χ1) is 13.4. The fourth-order valence-corrected chi connectivity index (χ4v) is 3.65. The molecule has 0 radical (unpaired) electrons. The maximum atomic E-state index is 3.67. The van der Waals surface area contributed by atoms with Crippen molar-refractivity contribution in [2.45, 2.75) is 32.7 Å². The van der Waals surface area contributed by atoms with Gasteiger partial charge in [0.05, 0.1) is 0 Å². The van der Waals surface area contributed by atoms with Crippen molar-refractivity contribution in [3.63, 3.8) is 0 Å². The SMILES string of the molecule is CCNCCCNCCCCNCc1c2ccccc2cc2ccccc12. The van der Waals surface area contributed by atoms with Crippen molar-refractivity contribution >= 4 is 21.5 Å². The molecule has 144 valence electrons. The molecule has 0 aliphatic heterocycles. The quantitative estimate of drug-likeness (QED) is 0.329. The van der Waals surface area contributed by atoms with Crippen LogP contribution >= 0.6 is 0 Å². The number of hydrogen-bond donors (Lipinski definition) is 3. The Morgan fingerprint density at radius 2 is 1.19 bits per heavy atom. The zero-order valence-electron chi connectivity index (χ0n) is 16.6. The molecule has 0 aliphatic carbocycles. The highest BCUT2D eigenvalue weighted by Crippen LogP contribution is 2.28. The Bertz CT molecular complexity index is 774. The summed E-state index contributed by atoms with van der Waals surface area (Å²) in [5.41, 5.74) is 1.42. The van der Waals surface area contributed by atoms with Crippen molar-refractivity contribution in [1.82, 2.24) is 16.0 Å². The number of hydrogen-bond acceptors (Lipinski definition) is 3. The van der Waals surface area contributed by atoms with Crippen LogP contribution in [-0.2, 0) is 6.54 Å². The molecule has 3 aromatic rings. The topological polar surface area (TPSA) is 36.1 Å². The molecule has 0 spiro atoms. The number of unbranched alkanes of at least 4 members (excludes halogenated alkanes) is 1. The summed E-state index contributed by atoms with van der Waals surface area (Å²) in [6, 6.07) is 19.8. The molecule has 0 aliphatic rings. The smallest absolute Gasteiger partial charge is 0.0217 e. The zero-order valence-corrected chi connectivity index (χ0v) is 16.6. The van der Waals surface area contributed by atoms with E-state index in [0.717, 1.165) is 39.3 Å². The molecule has 0 atom stereocenters. The molecule has 0 fully saturated rings. The molecule has 0 heterocycles. The van der Waals surface area contributed by atoms with E-state index in [-0.39, 0.29) is 0 Å². The van der Waals surface area contributed by atoms with Gasteiger partial charge in [-0.15, -0.1) is 0 Å². The zero-order chi connectivity index (χ0) is 18.7. The Hall–Kier alpha value is -1.94. The summed E-state index contributed by atoms with van der Waals surface area (Å²) in [5, 5.41) is 15.9. The maximum absolute atomic E-state index is 3.67. The van der Waals surface area contributed by atoms with Gasteiger partial charge in [0, 0.05) is 6.54 Å². The maximum Gasteiger partial charge on any atom is 0.0217 e. The van der Waals surface area contributed by atoms with Crippen molar-refractivity contribution in [3.8, 4) is 0 Å². The lowest BCUT2D eigenvalue weighted by Crippen LogP contribution is -2.23. The van der Waals surface area contributed by atoms with Crippen LogP contribution in [0.1, 0.15) is 31.7 Å². The minimum atomic E-state index is 0.929. The molecule has 0 amide bonds. The van der Waals surface area contributed by atoms with Crippen LogP contribution < -0.4 is 16.0 Å². The average molecular weight is 364 g/mol. The normalized spacial score (nSPS) is 11.4. The van der Waals surface area contributed by atoms with Crippen LogP contribution in [0.2, 0.25) is 0 Å². The Morgan fingerprint density at radius 1 is 0.630 bits per heavy atom. The molecule has 3 rings (SSSR count). The molecule has 0 saturated heterocycles. The van der Waals surface area contributed by atoms with Crippen LogP contribution in [0.3, 0.4) is 0 Å². The number of nitrogens with one attached hydrogen (secondary N) is 3. The van der Waals surface area contributed by atoms with Crippen LogP contribution in [0, 0.1) is 0 Å². The fraction of sp³-hybridized carbons (Fsp3) is 0.417. The molecule has 3 nitrogen and oxygen atoms in total. The first-order valence-corrected chi connectivity index (χ1v) is 10.4. The van der Waals surface area contributed by atoms with Gasteiger partial charge in [-0.1, -0.05) is 55.5 Å². The average Bonchev–Trinajstić information content (AvgIpc) is 2.71. The largest absolute Gasteiger partial charge is 0.317 e. The van der Waals surface area contributed by atoms with Crippen molar-refractivity contribution in [1.29, 1.82) is 0 Å². The lowest BCUT2D eigenvalue weighted by molar-refractivity contribution is 0.563. The predicted octanol–water partition coefficient (Wildman–Crippen LogP) is 4.45. The van der Waals surface area contributed by atoms with Gasteiger partial charge in [0.1, 0.15) is 0 Å². The Kier molecular flexibility index (Phi) is 8.09. The molecule has 0 saturated carbocycles. The molecular formula is C24H33N3. The van der Waals surface area contributed by atoms with E-state index in [1.165, 1.54) is 46.4 Å². The van der Waals surface area contributed by atoms with Gasteiger partial charge < -0.3 is 16.0 Å². The van der Waals surface area contributed by atoms with Crippen LogP contribution in [0.25, 0.3) is 21.5 Å². The molecule has 3 aromatic carbocycles. The third-order valence-electron chi connectivity index (χ3n) is 5.10. The third kappa shape index (κ3) is 5.77. The second-order valence-electron chi connectivity index (χ2n) is 7.14. The van der Waals surface area contributed by atoms with Gasteiger partial charge in [-0.25, -0.2) is 0 Å². The second kappa shape index (κ2) is 11.0. The second-order valence-corrected chi connectivity index (χ2v) is 7.14. The van der Waals surface area contributed by atoms with E-state index in [1.54, 1.807) is 0 Å². The highest BCUT2D eigenvalue weighted by atomic mass is 14.9. The van der Waals surface area contributed by atoms with Crippen LogP contribution in [0.5, 0.6) is 0 Å². The van der Waals surface area contributed by atoms with Crippen molar-refractivity contribution < 1.29 is 0 Å². The van der Waals surface area contributed by atoms with Gasteiger partial charge in [-0.3, -0.25) is 0 Å². The number of rotatable bonds is 12. The van der Waals surface area contributed by atoms with E-state index in [2.05, 4.69) is 77.5 Å². The summed E-state index contributed by atoms with van der Waals surface area (Å²) in [5.74, 6) is 0. The highest BCUT2D eigenvalue weighted by molar-refractivity contribution is 6.02. The van der Waals surface area contributed by atoms with Crippen LogP contribution in [0.4, 0.5) is 0 Å². The third-order valence-corrected chi connectivity index (χ3v) is 5.10. The predicted molar refractivity (Wildman–Crippen MR) is 118 cm³/mol. The van der Waals surface area contributed by atoms with Crippen LogP contribution in [-0.4, -0.2) is 32.7 Å². The molecular weight excluding hydrogens is 330 g/mol. The Morgan fingerprint density at radius 3 is 1.85 bits per heavy atom. The molecule has 0 bridgehead atoms. The summed E-state index contributed by atoms with van der Waals surface area (Å²) >= 11 is 0. The van der Waals surface area contributed by atoms with Crippen molar-refractivity contribution in [2.24, 2.45) is 0 Å². The summed E-state index contributed by atoms with van der Waals surface area (Å²) in [4.78, 5) is 0. The summed E-state index contributed by atoms with van der Waals surface area (Å²) in [7, 11) is 0. The van der Waals surface area contributed by atoms with E-state index in [1.807, 2.05) is 0 Å². The van der Waals surface area contributed by atoms with E-state index < -0.39 is 0 Å². The summed E-state index contributed by atoms with van der Waals surface area (Å²) < 4.78 is 0. The van der Waals surface area contributed by atoms with Crippen LogP contribution in [0.15, 0.2) is 54.6 Å². The van der Waals surface area contributed by atoms with E-state index in [4.69, 9.17) is 0 Å². The van der Waals surface area contributed by atoms with Crippen molar-refractivity contribution in [2.75, 3.05) is 32.7 Å². The monoisotopic (exact) mass is 363 g/mol. The number of fused-ring (bicyclic) bond motifs is 2. The van der Waals surface area contributed by atoms with Gasteiger partial charge in [0.15, 0.2) is 0 Å². The van der Waals surface area contributed by atoms with Gasteiger partial charge in [0.2, 0.25) is 0 Å². The molecule has 3 N–H and O–H groups in total. The minimum absolute atomic E-state index is 0.929. The lowest BCUT2D eigenvalue weighted by Gasteiger charge is -2.13. The minimum Gasteiger partial charge on any atom is -0.317 e. The summed E-state index contributed by atoms with van der Waals surface area (Å²) in [6.45, 7) is 8.56. The molecule has 0 aromatic heterocycles. The molecule has 27 heavy (non-hydrogen) atoms. The fourth-order valence-electron chi connectivity index (χ4n) is 3.65. The van der Waals surface area contributed by atoms with Gasteiger partial charge in [-0.05, 0) is 85.2 Å². The van der Waals surface area contributed by atoms with Gasteiger partial charge in [0.25, 0.3) is 0 Å². The van der Waals surface area contributed by atoms with E-state index in [9.17, 15) is 0 Å². The Labute approximate surface area is 163 Å². The van der Waals surface area contributed by atoms with E-state index >= 15 is 0 Å². The first kappa shape index (κ1) is 19.8. The summed E-state index contributed by atoms with van der Waals surface area (Å²) in [6.07, 6.45) is 3.65.